The summed E-state index contributed by atoms with van der Waals surface area (Å²) in [5.74, 6) is 0.171. The quantitative estimate of drug-likeness (QED) is 0.662. The van der Waals surface area contributed by atoms with E-state index in [2.05, 4.69) is 10.4 Å². The molecule has 0 fully saturated rings. The second-order valence-corrected chi connectivity index (χ2v) is 6.19. The number of halogens is 1. The molecule has 1 aromatic heterocycles. The first-order valence-electron chi connectivity index (χ1n) is 8.82. The van der Waals surface area contributed by atoms with Gasteiger partial charge in [-0.05, 0) is 35.9 Å². The molecule has 1 N–H and O–H groups in total. The molecular weight excluding hydrogens is 377 g/mol. The first-order chi connectivity index (χ1) is 14.0. The molecule has 2 aromatic carbocycles. The SMILES string of the molecule is COc1ccc(CNC(=O)Cn2nc(-c3ccc(OC)cc3F)ccc2=O)cc1. The zero-order chi connectivity index (χ0) is 20.8. The van der Waals surface area contributed by atoms with E-state index in [0.717, 1.165) is 16.0 Å². The van der Waals surface area contributed by atoms with Gasteiger partial charge in [0.25, 0.3) is 5.56 Å². The van der Waals surface area contributed by atoms with Crippen LogP contribution in [0.15, 0.2) is 59.4 Å². The molecule has 1 heterocycles. The molecule has 0 aliphatic heterocycles. The fourth-order valence-corrected chi connectivity index (χ4v) is 2.67. The molecular formula is C21H20FN3O4. The fourth-order valence-electron chi connectivity index (χ4n) is 2.67. The van der Waals surface area contributed by atoms with Crippen molar-refractivity contribution in [2.24, 2.45) is 0 Å². The minimum Gasteiger partial charge on any atom is -0.497 e. The third-order valence-electron chi connectivity index (χ3n) is 4.26. The maximum Gasteiger partial charge on any atom is 0.267 e. The van der Waals surface area contributed by atoms with Crippen LogP contribution in [0, 0.1) is 5.82 Å². The number of carbonyl (C=O) groups is 1. The first kappa shape index (κ1) is 20.1. The van der Waals surface area contributed by atoms with E-state index in [4.69, 9.17) is 9.47 Å². The van der Waals surface area contributed by atoms with Crippen molar-refractivity contribution in [1.82, 2.24) is 15.1 Å². The first-order valence-corrected chi connectivity index (χ1v) is 8.82. The van der Waals surface area contributed by atoms with Crippen molar-refractivity contribution in [2.75, 3.05) is 14.2 Å². The van der Waals surface area contributed by atoms with Crippen molar-refractivity contribution < 1.29 is 18.7 Å². The second kappa shape index (κ2) is 9.01. The molecule has 7 nitrogen and oxygen atoms in total. The average molecular weight is 397 g/mol. The van der Waals surface area contributed by atoms with Crippen molar-refractivity contribution in [2.45, 2.75) is 13.1 Å². The highest BCUT2D eigenvalue weighted by Crippen LogP contribution is 2.24. The number of carbonyl (C=O) groups excluding carboxylic acids is 1. The number of nitrogens with zero attached hydrogens (tertiary/aromatic N) is 2. The van der Waals surface area contributed by atoms with Crippen LogP contribution in [0.3, 0.4) is 0 Å². The summed E-state index contributed by atoms with van der Waals surface area (Å²) in [6.45, 7) is 0.0188. The number of amides is 1. The highest BCUT2D eigenvalue weighted by molar-refractivity contribution is 5.75. The lowest BCUT2D eigenvalue weighted by Crippen LogP contribution is -2.33. The van der Waals surface area contributed by atoms with Crippen LogP contribution in [0.5, 0.6) is 11.5 Å². The van der Waals surface area contributed by atoms with Crippen LogP contribution in [0.25, 0.3) is 11.3 Å². The molecule has 8 heteroatoms. The predicted octanol–water partition coefficient (Wildman–Crippen LogP) is 2.38. The molecule has 0 aliphatic carbocycles. The van der Waals surface area contributed by atoms with Gasteiger partial charge in [0, 0.05) is 24.2 Å². The lowest BCUT2D eigenvalue weighted by Gasteiger charge is -2.10. The summed E-state index contributed by atoms with van der Waals surface area (Å²) in [5, 5.41) is 6.85. The smallest absolute Gasteiger partial charge is 0.267 e. The molecule has 3 rings (SSSR count). The largest absolute Gasteiger partial charge is 0.497 e. The number of hydrogen-bond donors (Lipinski definition) is 1. The van der Waals surface area contributed by atoms with Gasteiger partial charge < -0.3 is 14.8 Å². The molecule has 0 unspecified atom stereocenters. The number of rotatable bonds is 7. The van der Waals surface area contributed by atoms with E-state index in [1.807, 2.05) is 12.1 Å². The van der Waals surface area contributed by atoms with Gasteiger partial charge in [-0.1, -0.05) is 12.1 Å². The topological polar surface area (TPSA) is 82.4 Å². The van der Waals surface area contributed by atoms with Crippen LogP contribution in [0.2, 0.25) is 0 Å². The number of methoxy groups -OCH3 is 2. The van der Waals surface area contributed by atoms with Crippen LogP contribution < -0.4 is 20.3 Å². The van der Waals surface area contributed by atoms with E-state index in [1.165, 1.54) is 31.4 Å². The molecule has 150 valence electrons. The predicted molar refractivity (Wildman–Crippen MR) is 105 cm³/mol. The normalized spacial score (nSPS) is 10.4. The molecule has 0 saturated heterocycles. The maximum absolute atomic E-state index is 14.3. The van der Waals surface area contributed by atoms with Crippen LogP contribution in [-0.4, -0.2) is 29.9 Å². The Kier molecular flexibility index (Phi) is 6.23. The summed E-state index contributed by atoms with van der Waals surface area (Å²) in [5.41, 5.74) is 0.877. The minimum atomic E-state index is -0.536. The summed E-state index contributed by atoms with van der Waals surface area (Å²) in [7, 11) is 3.02. The van der Waals surface area contributed by atoms with Crippen molar-refractivity contribution in [3.8, 4) is 22.8 Å². The van der Waals surface area contributed by atoms with E-state index in [1.54, 1.807) is 25.3 Å². The van der Waals surface area contributed by atoms with Crippen LogP contribution in [-0.2, 0) is 17.9 Å². The second-order valence-electron chi connectivity index (χ2n) is 6.19. The summed E-state index contributed by atoms with van der Waals surface area (Å²) >= 11 is 0. The average Bonchev–Trinajstić information content (AvgIpc) is 2.74. The molecule has 0 saturated carbocycles. The van der Waals surface area contributed by atoms with Gasteiger partial charge in [-0.15, -0.1) is 0 Å². The Labute approximate surface area is 166 Å². The standard InChI is InChI=1S/C21H20FN3O4/c1-28-15-5-3-14(4-6-15)12-23-20(26)13-25-21(27)10-9-19(24-25)17-8-7-16(29-2)11-18(17)22/h3-11H,12-13H2,1-2H3,(H,23,26). The number of ether oxygens (including phenoxy) is 2. The molecule has 3 aromatic rings. The van der Waals surface area contributed by atoms with E-state index in [-0.39, 0.29) is 23.7 Å². The van der Waals surface area contributed by atoms with Crippen molar-refractivity contribution in [3.05, 3.63) is 76.3 Å². The van der Waals surface area contributed by atoms with E-state index in [0.29, 0.717) is 12.3 Å². The summed E-state index contributed by atoms with van der Waals surface area (Å²) in [6.07, 6.45) is 0. The lowest BCUT2D eigenvalue weighted by atomic mass is 10.1. The van der Waals surface area contributed by atoms with Gasteiger partial charge in [0.15, 0.2) is 0 Å². The molecule has 1 amide bonds. The van der Waals surface area contributed by atoms with Crippen LogP contribution in [0.1, 0.15) is 5.56 Å². The minimum absolute atomic E-state index is 0.207. The Morgan fingerprint density at radius 1 is 1.03 bits per heavy atom. The van der Waals surface area contributed by atoms with Gasteiger partial charge in [0.05, 0.1) is 19.9 Å². The highest BCUT2D eigenvalue weighted by atomic mass is 19.1. The molecule has 0 atom stereocenters. The molecule has 0 bridgehead atoms. The summed E-state index contributed by atoms with van der Waals surface area (Å²) in [4.78, 5) is 24.3. The highest BCUT2D eigenvalue weighted by Gasteiger charge is 2.12. The zero-order valence-corrected chi connectivity index (χ0v) is 16.0. The summed E-state index contributed by atoms with van der Waals surface area (Å²) < 4.78 is 25.4. The van der Waals surface area contributed by atoms with Gasteiger partial charge in [-0.2, -0.15) is 5.10 Å². The van der Waals surface area contributed by atoms with Gasteiger partial charge in [-0.25, -0.2) is 9.07 Å². The third-order valence-corrected chi connectivity index (χ3v) is 4.26. The van der Waals surface area contributed by atoms with Gasteiger partial charge in [0.1, 0.15) is 23.9 Å². The molecule has 0 radical (unpaired) electrons. The van der Waals surface area contributed by atoms with Crippen molar-refractivity contribution in [3.63, 3.8) is 0 Å². The number of hydrogen-bond acceptors (Lipinski definition) is 5. The number of aromatic nitrogens is 2. The van der Waals surface area contributed by atoms with E-state index >= 15 is 0 Å². The zero-order valence-electron chi connectivity index (χ0n) is 16.0. The van der Waals surface area contributed by atoms with Gasteiger partial charge in [0.2, 0.25) is 5.91 Å². The van der Waals surface area contributed by atoms with Gasteiger partial charge in [-0.3, -0.25) is 9.59 Å². The van der Waals surface area contributed by atoms with Gasteiger partial charge >= 0.3 is 0 Å². The number of nitrogens with one attached hydrogen (secondary N) is 1. The summed E-state index contributed by atoms with van der Waals surface area (Å²) in [6, 6.07) is 14.2. The van der Waals surface area contributed by atoms with E-state index < -0.39 is 11.4 Å². The Hall–Kier alpha value is -3.68. The Balaban J connectivity index is 1.71. The monoisotopic (exact) mass is 397 g/mol. The Bertz CT molecular complexity index is 1060. The third kappa shape index (κ3) is 4.98. The Morgan fingerprint density at radius 2 is 1.72 bits per heavy atom. The van der Waals surface area contributed by atoms with E-state index in [9.17, 15) is 14.0 Å². The van der Waals surface area contributed by atoms with Crippen LogP contribution >= 0.6 is 0 Å². The number of benzene rings is 2. The molecule has 29 heavy (non-hydrogen) atoms. The van der Waals surface area contributed by atoms with Crippen molar-refractivity contribution in [1.29, 1.82) is 0 Å². The molecule has 0 aliphatic rings. The van der Waals surface area contributed by atoms with Crippen molar-refractivity contribution >= 4 is 5.91 Å². The fraction of sp³-hybridized carbons (Fsp3) is 0.190. The Morgan fingerprint density at radius 3 is 2.38 bits per heavy atom. The van der Waals surface area contributed by atoms with Crippen LogP contribution in [0.4, 0.5) is 4.39 Å². The maximum atomic E-state index is 14.3. The lowest BCUT2D eigenvalue weighted by molar-refractivity contribution is -0.122. The molecule has 0 spiro atoms.